The van der Waals surface area contributed by atoms with Crippen molar-refractivity contribution in [1.29, 1.82) is 0 Å². The highest BCUT2D eigenvalue weighted by molar-refractivity contribution is 5.79. The van der Waals surface area contributed by atoms with Gasteiger partial charge in [-0.2, -0.15) is 0 Å². The fourth-order valence-corrected chi connectivity index (χ4v) is 2.87. The van der Waals surface area contributed by atoms with Crippen LogP contribution in [0.3, 0.4) is 0 Å². The Balaban J connectivity index is 2.12. The summed E-state index contributed by atoms with van der Waals surface area (Å²) in [6, 6.07) is 9.64. The number of hydrogen-bond acceptors (Lipinski definition) is 2. The molecular formula is C17H23NO3. The van der Waals surface area contributed by atoms with E-state index in [1.165, 1.54) is 0 Å². The zero-order valence-electron chi connectivity index (χ0n) is 12.7. The zero-order chi connectivity index (χ0) is 15.4. The van der Waals surface area contributed by atoms with Crippen LogP contribution in [0.2, 0.25) is 0 Å². The van der Waals surface area contributed by atoms with Crippen molar-refractivity contribution in [3.8, 4) is 0 Å². The van der Waals surface area contributed by atoms with Crippen molar-refractivity contribution in [2.24, 2.45) is 11.8 Å². The Morgan fingerprint density at radius 3 is 2.52 bits per heavy atom. The number of carboxylic acid groups (broad SMARTS) is 1. The predicted molar refractivity (Wildman–Crippen MR) is 81.0 cm³/mol. The van der Waals surface area contributed by atoms with E-state index in [0.717, 1.165) is 12.0 Å². The summed E-state index contributed by atoms with van der Waals surface area (Å²) in [6.07, 6.45) is 1.47. The molecule has 1 aliphatic rings. The van der Waals surface area contributed by atoms with E-state index in [-0.39, 0.29) is 11.8 Å². The second kappa shape index (κ2) is 6.74. The number of nitrogens with zero attached hydrogens (tertiary/aromatic N) is 1. The lowest BCUT2D eigenvalue weighted by molar-refractivity contribution is -0.141. The summed E-state index contributed by atoms with van der Waals surface area (Å²) in [7, 11) is 0. The van der Waals surface area contributed by atoms with Crippen LogP contribution in [0.1, 0.15) is 38.2 Å². The van der Waals surface area contributed by atoms with Gasteiger partial charge in [0.2, 0.25) is 5.91 Å². The van der Waals surface area contributed by atoms with Crippen LogP contribution in [0.5, 0.6) is 0 Å². The number of rotatable bonds is 5. The van der Waals surface area contributed by atoms with Crippen molar-refractivity contribution in [3.63, 3.8) is 0 Å². The van der Waals surface area contributed by atoms with Crippen LogP contribution in [-0.4, -0.2) is 35.0 Å². The molecule has 1 fully saturated rings. The maximum absolute atomic E-state index is 12.3. The van der Waals surface area contributed by atoms with Crippen molar-refractivity contribution in [1.82, 2.24) is 4.90 Å². The van der Waals surface area contributed by atoms with Crippen molar-refractivity contribution >= 4 is 11.9 Å². The lowest BCUT2D eigenvalue weighted by Gasteiger charge is -2.18. The van der Waals surface area contributed by atoms with E-state index in [2.05, 4.69) is 13.8 Å². The summed E-state index contributed by atoms with van der Waals surface area (Å²) < 4.78 is 0. The maximum atomic E-state index is 12.3. The first kappa shape index (κ1) is 15.5. The highest BCUT2D eigenvalue weighted by atomic mass is 16.4. The fourth-order valence-electron chi connectivity index (χ4n) is 2.87. The molecule has 2 rings (SSSR count). The lowest BCUT2D eigenvalue weighted by Crippen LogP contribution is -2.30. The average Bonchev–Trinajstić information content (AvgIpc) is 2.93. The zero-order valence-corrected chi connectivity index (χ0v) is 12.7. The first-order valence-electron chi connectivity index (χ1n) is 7.58. The van der Waals surface area contributed by atoms with Gasteiger partial charge in [-0.05, 0) is 11.5 Å². The smallest absolute Gasteiger partial charge is 0.308 e. The molecule has 3 unspecified atom stereocenters. The maximum Gasteiger partial charge on any atom is 0.308 e. The molecule has 1 aromatic rings. The number of amides is 1. The van der Waals surface area contributed by atoms with Gasteiger partial charge >= 0.3 is 5.97 Å². The van der Waals surface area contributed by atoms with Crippen LogP contribution in [0.25, 0.3) is 0 Å². The summed E-state index contributed by atoms with van der Waals surface area (Å²) in [4.78, 5) is 25.5. The minimum atomic E-state index is -0.817. The van der Waals surface area contributed by atoms with E-state index in [1.54, 1.807) is 4.90 Å². The Bertz CT molecular complexity index is 500. The molecule has 4 nitrogen and oxygen atoms in total. The molecule has 1 amide bonds. The molecule has 1 N–H and O–H groups in total. The highest BCUT2D eigenvalue weighted by Gasteiger charge is 2.40. The molecule has 114 valence electrons. The van der Waals surface area contributed by atoms with Crippen LogP contribution in [-0.2, 0) is 9.59 Å². The largest absolute Gasteiger partial charge is 0.481 e. The summed E-state index contributed by atoms with van der Waals surface area (Å²) in [5, 5.41) is 9.43. The molecule has 0 spiro atoms. The van der Waals surface area contributed by atoms with Crippen LogP contribution < -0.4 is 0 Å². The molecule has 0 radical (unpaired) electrons. The minimum Gasteiger partial charge on any atom is -0.481 e. The normalized spacial score (nSPS) is 23.0. The Hall–Kier alpha value is -1.84. The first-order valence-corrected chi connectivity index (χ1v) is 7.58. The van der Waals surface area contributed by atoms with Gasteiger partial charge < -0.3 is 10.0 Å². The Morgan fingerprint density at radius 1 is 1.29 bits per heavy atom. The van der Waals surface area contributed by atoms with Crippen molar-refractivity contribution < 1.29 is 14.7 Å². The molecule has 0 aliphatic carbocycles. The molecule has 1 aliphatic heterocycles. The first-order chi connectivity index (χ1) is 10.0. The molecule has 4 heteroatoms. The van der Waals surface area contributed by atoms with Gasteiger partial charge in [0, 0.05) is 25.4 Å². The SMILES string of the molecule is CCC(C)CC(=O)N1CC(C(=O)O)C(c2ccccc2)C1. The molecule has 1 saturated heterocycles. The summed E-state index contributed by atoms with van der Waals surface area (Å²) in [5.41, 5.74) is 1.00. The van der Waals surface area contributed by atoms with Crippen molar-refractivity contribution in [2.45, 2.75) is 32.6 Å². The van der Waals surface area contributed by atoms with Crippen molar-refractivity contribution in [3.05, 3.63) is 35.9 Å². The van der Waals surface area contributed by atoms with Gasteiger partial charge in [-0.3, -0.25) is 9.59 Å². The fraction of sp³-hybridized carbons (Fsp3) is 0.529. The Morgan fingerprint density at radius 2 is 1.95 bits per heavy atom. The molecule has 0 aromatic heterocycles. The van der Waals surface area contributed by atoms with Crippen molar-refractivity contribution in [2.75, 3.05) is 13.1 Å². The van der Waals surface area contributed by atoms with Gasteiger partial charge in [0.15, 0.2) is 0 Å². The quantitative estimate of drug-likeness (QED) is 0.906. The summed E-state index contributed by atoms with van der Waals surface area (Å²) in [6.45, 7) is 4.95. The van der Waals surface area contributed by atoms with E-state index in [0.29, 0.717) is 25.4 Å². The number of carbonyl (C=O) groups is 2. The molecule has 21 heavy (non-hydrogen) atoms. The van der Waals surface area contributed by atoms with Crippen LogP contribution in [0.15, 0.2) is 30.3 Å². The standard InChI is InChI=1S/C17H23NO3/c1-3-12(2)9-16(19)18-10-14(15(11-18)17(20)21)13-7-5-4-6-8-13/h4-8,12,14-15H,3,9-11H2,1-2H3,(H,20,21). The molecule has 0 bridgehead atoms. The van der Waals surface area contributed by atoms with Crippen LogP contribution in [0, 0.1) is 11.8 Å². The van der Waals surface area contributed by atoms with Crippen LogP contribution in [0.4, 0.5) is 0 Å². The second-order valence-corrected chi connectivity index (χ2v) is 5.98. The topological polar surface area (TPSA) is 57.6 Å². The number of hydrogen-bond donors (Lipinski definition) is 1. The van der Waals surface area contributed by atoms with E-state index in [1.807, 2.05) is 30.3 Å². The summed E-state index contributed by atoms with van der Waals surface area (Å²) >= 11 is 0. The molecule has 3 atom stereocenters. The van der Waals surface area contributed by atoms with E-state index in [9.17, 15) is 14.7 Å². The van der Waals surface area contributed by atoms with Gasteiger partial charge in [0.05, 0.1) is 5.92 Å². The Kier molecular flexibility index (Phi) is 4.99. The molecular weight excluding hydrogens is 266 g/mol. The second-order valence-electron chi connectivity index (χ2n) is 5.98. The molecule has 0 saturated carbocycles. The van der Waals surface area contributed by atoms with Gasteiger partial charge in [0.1, 0.15) is 0 Å². The van der Waals surface area contributed by atoms with E-state index < -0.39 is 11.9 Å². The average molecular weight is 289 g/mol. The third-order valence-corrected chi connectivity index (χ3v) is 4.44. The van der Waals surface area contributed by atoms with E-state index in [4.69, 9.17) is 0 Å². The molecule has 1 heterocycles. The predicted octanol–water partition coefficient (Wildman–Crippen LogP) is 2.75. The van der Waals surface area contributed by atoms with Gasteiger partial charge in [-0.1, -0.05) is 50.6 Å². The number of likely N-dealkylation sites (tertiary alicyclic amines) is 1. The minimum absolute atomic E-state index is 0.0778. The van der Waals surface area contributed by atoms with Crippen LogP contribution >= 0.6 is 0 Å². The number of benzene rings is 1. The third kappa shape index (κ3) is 3.63. The van der Waals surface area contributed by atoms with Gasteiger partial charge in [-0.25, -0.2) is 0 Å². The van der Waals surface area contributed by atoms with Gasteiger partial charge in [0.25, 0.3) is 0 Å². The summed E-state index contributed by atoms with van der Waals surface area (Å²) in [5.74, 6) is -1.01. The monoisotopic (exact) mass is 289 g/mol. The third-order valence-electron chi connectivity index (χ3n) is 4.44. The number of aliphatic carboxylic acids is 1. The number of carboxylic acids is 1. The molecule has 1 aromatic carbocycles. The highest BCUT2D eigenvalue weighted by Crippen LogP contribution is 2.33. The lowest BCUT2D eigenvalue weighted by atomic mass is 9.89. The van der Waals surface area contributed by atoms with Gasteiger partial charge in [-0.15, -0.1) is 0 Å². The Labute approximate surface area is 125 Å². The number of carbonyl (C=O) groups excluding carboxylic acids is 1. The van der Waals surface area contributed by atoms with E-state index >= 15 is 0 Å².